The summed E-state index contributed by atoms with van der Waals surface area (Å²) in [5, 5.41) is 13.3. The third kappa shape index (κ3) is 3.96. The van der Waals surface area contributed by atoms with Crippen molar-refractivity contribution in [3.63, 3.8) is 0 Å². The van der Waals surface area contributed by atoms with E-state index in [4.69, 9.17) is 14.6 Å². The number of hydrogen-bond donors (Lipinski definition) is 1. The van der Waals surface area contributed by atoms with Crippen LogP contribution in [0.4, 0.5) is 0 Å². The molecule has 0 spiro atoms. The van der Waals surface area contributed by atoms with E-state index in [0.29, 0.717) is 12.7 Å². The molecule has 5 rings (SSSR count). The molecule has 1 fully saturated rings. The highest BCUT2D eigenvalue weighted by Gasteiger charge is 2.24. The molecule has 0 saturated heterocycles. The molecule has 2 aromatic carbocycles. The molecule has 0 bridgehead atoms. The Labute approximate surface area is 175 Å². The molecule has 6 heteroatoms. The highest BCUT2D eigenvalue weighted by molar-refractivity contribution is 5.86. The van der Waals surface area contributed by atoms with Crippen LogP contribution in [0.5, 0.6) is 5.75 Å². The molecule has 0 aliphatic heterocycles. The van der Waals surface area contributed by atoms with Gasteiger partial charge in [0.15, 0.2) is 0 Å². The lowest BCUT2D eigenvalue weighted by molar-refractivity contribution is -0.0165. The van der Waals surface area contributed by atoms with Crippen molar-refractivity contribution in [2.75, 3.05) is 0 Å². The van der Waals surface area contributed by atoms with Gasteiger partial charge in [0.25, 0.3) is 0 Å². The van der Waals surface area contributed by atoms with E-state index in [1.807, 2.05) is 35.1 Å². The van der Waals surface area contributed by atoms with Gasteiger partial charge in [0.1, 0.15) is 5.75 Å². The Kier molecular flexibility index (Phi) is 4.59. The van der Waals surface area contributed by atoms with Gasteiger partial charge in [-0.15, -0.1) is 0 Å². The number of nitrogens with one attached hydrogen (secondary N) is 1. The van der Waals surface area contributed by atoms with Crippen LogP contribution in [0, 0.1) is 0 Å². The minimum atomic E-state index is -0.231. The zero-order chi connectivity index (χ0) is 20.7. The van der Waals surface area contributed by atoms with Crippen LogP contribution in [0.1, 0.15) is 39.3 Å². The van der Waals surface area contributed by atoms with Crippen LogP contribution >= 0.6 is 0 Å². The smallest absolute Gasteiger partial charge is 0.120 e. The largest absolute Gasteiger partial charge is 0.490 e. The summed E-state index contributed by atoms with van der Waals surface area (Å²) in [5.74, 6) is 0.898. The number of ether oxygens (including phenoxy) is 2. The lowest BCUT2D eigenvalue weighted by atomic mass is 10.1. The van der Waals surface area contributed by atoms with E-state index < -0.39 is 0 Å². The fourth-order valence-corrected chi connectivity index (χ4v) is 3.42. The number of hydrogen-bond acceptors (Lipinski definition) is 4. The lowest BCUT2D eigenvalue weighted by Crippen LogP contribution is -2.18. The van der Waals surface area contributed by atoms with Crippen LogP contribution in [0.3, 0.4) is 0 Å². The van der Waals surface area contributed by atoms with Crippen LogP contribution in [-0.4, -0.2) is 31.7 Å². The molecular weight excluding hydrogens is 376 g/mol. The number of H-pyrrole nitrogens is 1. The van der Waals surface area contributed by atoms with E-state index in [2.05, 4.69) is 55.2 Å². The predicted octanol–water partition coefficient (Wildman–Crippen LogP) is 5.27. The average Bonchev–Trinajstić information content (AvgIpc) is 3.24. The molecule has 0 radical (unpaired) electrons. The Balaban J connectivity index is 1.60. The maximum Gasteiger partial charge on any atom is 0.120 e. The molecule has 1 aliphatic rings. The minimum absolute atomic E-state index is 0.231. The van der Waals surface area contributed by atoms with E-state index in [-0.39, 0.29) is 5.60 Å². The Morgan fingerprint density at radius 3 is 2.73 bits per heavy atom. The van der Waals surface area contributed by atoms with Gasteiger partial charge in [-0.25, -0.2) is 4.68 Å². The highest BCUT2D eigenvalue weighted by Crippen LogP contribution is 2.32. The van der Waals surface area contributed by atoms with Gasteiger partial charge in [-0.05, 0) is 57.9 Å². The van der Waals surface area contributed by atoms with Gasteiger partial charge in [0.2, 0.25) is 0 Å². The van der Waals surface area contributed by atoms with E-state index in [1.165, 1.54) is 0 Å². The van der Waals surface area contributed by atoms with Crippen molar-refractivity contribution in [2.24, 2.45) is 0 Å². The second kappa shape index (κ2) is 7.29. The molecule has 154 valence electrons. The first kappa shape index (κ1) is 18.9. The first-order valence-electron chi connectivity index (χ1n) is 10.4. The summed E-state index contributed by atoms with van der Waals surface area (Å²) in [5.41, 5.74) is 4.60. The van der Waals surface area contributed by atoms with Gasteiger partial charge in [-0.2, -0.15) is 10.2 Å². The van der Waals surface area contributed by atoms with E-state index in [1.54, 1.807) is 0 Å². The summed E-state index contributed by atoms with van der Waals surface area (Å²) in [6, 6.07) is 16.4. The van der Waals surface area contributed by atoms with Gasteiger partial charge >= 0.3 is 0 Å². The quantitative estimate of drug-likeness (QED) is 0.477. The second-order valence-corrected chi connectivity index (χ2v) is 8.79. The molecule has 0 amide bonds. The van der Waals surface area contributed by atoms with Crippen LogP contribution in [0.2, 0.25) is 0 Å². The normalized spacial score (nSPS) is 14.4. The molecule has 0 atom stereocenters. The van der Waals surface area contributed by atoms with Gasteiger partial charge in [-0.1, -0.05) is 24.3 Å². The molecule has 1 aliphatic carbocycles. The summed E-state index contributed by atoms with van der Waals surface area (Å²) in [4.78, 5) is 0. The van der Waals surface area contributed by atoms with Crippen molar-refractivity contribution in [1.82, 2.24) is 20.0 Å². The van der Waals surface area contributed by atoms with Gasteiger partial charge in [0, 0.05) is 10.9 Å². The summed E-state index contributed by atoms with van der Waals surface area (Å²) in [6.45, 7) is 6.60. The number of aromatic amines is 1. The third-order valence-corrected chi connectivity index (χ3v) is 5.05. The first-order valence-corrected chi connectivity index (χ1v) is 10.4. The van der Waals surface area contributed by atoms with Crippen molar-refractivity contribution in [3.05, 3.63) is 60.4 Å². The van der Waals surface area contributed by atoms with E-state index in [9.17, 15) is 0 Å². The number of fused-ring (bicyclic) bond motifs is 1. The number of para-hydroxylation sites is 1. The standard InChI is InChI=1S/C24H26N4O2/c1-24(2,3)29-15-18-13-22(16-6-4-8-20(12-16)30-19-10-11-19)28(27-18)21-9-5-7-17-14-25-26-23(17)21/h4-9,12-14,19H,10-11,15H2,1-3H3,(H,25,26). The van der Waals surface area contributed by atoms with Crippen molar-refractivity contribution >= 4 is 10.9 Å². The van der Waals surface area contributed by atoms with Crippen molar-refractivity contribution < 1.29 is 9.47 Å². The van der Waals surface area contributed by atoms with Gasteiger partial charge < -0.3 is 9.47 Å². The topological polar surface area (TPSA) is 65.0 Å². The fourth-order valence-electron chi connectivity index (χ4n) is 3.42. The summed E-state index contributed by atoms with van der Waals surface area (Å²) in [7, 11) is 0. The summed E-state index contributed by atoms with van der Waals surface area (Å²) < 4.78 is 14.0. The molecule has 1 N–H and O–H groups in total. The van der Waals surface area contributed by atoms with Crippen LogP contribution in [-0.2, 0) is 11.3 Å². The second-order valence-electron chi connectivity index (χ2n) is 8.79. The molecular formula is C24H26N4O2. The van der Waals surface area contributed by atoms with Crippen LogP contribution in [0.15, 0.2) is 54.7 Å². The Hall–Kier alpha value is -3.12. The maximum absolute atomic E-state index is 6.02. The van der Waals surface area contributed by atoms with E-state index in [0.717, 1.165) is 52.1 Å². The van der Waals surface area contributed by atoms with Crippen LogP contribution in [0.25, 0.3) is 27.8 Å². The fraction of sp³-hybridized carbons (Fsp3) is 0.333. The van der Waals surface area contributed by atoms with Crippen molar-refractivity contribution in [3.8, 4) is 22.7 Å². The Morgan fingerprint density at radius 2 is 1.93 bits per heavy atom. The number of benzene rings is 2. The summed E-state index contributed by atoms with van der Waals surface area (Å²) in [6.07, 6.45) is 4.46. The maximum atomic E-state index is 6.02. The molecule has 30 heavy (non-hydrogen) atoms. The SMILES string of the molecule is CC(C)(C)OCc1cc(-c2cccc(OC3CC3)c2)n(-c2cccc3cn[nH]c23)n1. The van der Waals surface area contributed by atoms with Crippen molar-refractivity contribution in [1.29, 1.82) is 0 Å². The minimum Gasteiger partial charge on any atom is -0.490 e. The molecule has 1 saturated carbocycles. The average molecular weight is 402 g/mol. The van der Waals surface area contributed by atoms with Crippen molar-refractivity contribution in [2.45, 2.75) is 51.9 Å². The molecule has 6 nitrogen and oxygen atoms in total. The third-order valence-electron chi connectivity index (χ3n) is 5.05. The van der Waals surface area contributed by atoms with Crippen LogP contribution < -0.4 is 4.74 Å². The first-order chi connectivity index (χ1) is 14.5. The van der Waals surface area contributed by atoms with Gasteiger partial charge in [0.05, 0.1) is 47.1 Å². The molecule has 0 unspecified atom stereocenters. The Morgan fingerprint density at radius 1 is 1.10 bits per heavy atom. The predicted molar refractivity (Wildman–Crippen MR) is 117 cm³/mol. The highest BCUT2D eigenvalue weighted by atomic mass is 16.5. The zero-order valence-electron chi connectivity index (χ0n) is 17.6. The zero-order valence-corrected chi connectivity index (χ0v) is 17.6. The molecule has 2 heterocycles. The molecule has 2 aromatic heterocycles. The van der Waals surface area contributed by atoms with E-state index >= 15 is 0 Å². The number of aromatic nitrogens is 4. The lowest BCUT2D eigenvalue weighted by Gasteiger charge is -2.18. The molecule has 4 aromatic rings. The number of nitrogens with zero attached hydrogens (tertiary/aromatic N) is 3. The monoisotopic (exact) mass is 402 g/mol. The Bertz CT molecular complexity index is 1180. The summed E-state index contributed by atoms with van der Waals surface area (Å²) >= 11 is 0. The number of rotatable bonds is 6. The van der Waals surface area contributed by atoms with Gasteiger partial charge in [-0.3, -0.25) is 5.10 Å².